The van der Waals surface area contributed by atoms with Crippen LogP contribution in [0.4, 0.5) is 17.3 Å². The number of hydrogen-bond acceptors (Lipinski definition) is 5. The SMILES string of the molecule is CCCNc1nc(C)cc(C(=O)Nc2ccc(N(CC)CC)cc2C)n1. The third-order valence-electron chi connectivity index (χ3n) is 4.21. The van der Waals surface area contributed by atoms with Gasteiger partial charge in [0.05, 0.1) is 0 Å². The van der Waals surface area contributed by atoms with Crippen molar-refractivity contribution in [1.29, 1.82) is 0 Å². The Hall–Kier alpha value is -2.63. The Morgan fingerprint density at radius 1 is 1.08 bits per heavy atom. The second kappa shape index (κ2) is 9.17. The molecule has 1 amide bonds. The summed E-state index contributed by atoms with van der Waals surface area (Å²) in [6.07, 6.45) is 0.969. The van der Waals surface area contributed by atoms with Crippen LogP contribution in [0.1, 0.15) is 48.9 Å². The Kier molecular flexibility index (Phi) is 6.95. The normalized spacial score (nSPS) is 10.5. The first-order chi connectivity index (χ1) is 12.5. The summed E-state index contributed by atoms with van der Waals surface area (Å²) in [4.78, 5) is 23.6. The van der Waals surface area contributed by atoms with Crippen LogP contribution in [0, 0.1) is 13.8 Å². The molecule has 26 heavy (non-hydrogen) atoms. The Bertz CT molecular complexity index is 756. The third kappa shape index (κ3) is 4.94. The van der Waals surface area contributed by atoms with Gasteiger partial charge in [-0.25, -0.2) is 9.97 Å². The van der Waals surface area contributed by atoms with Crippen LogP contribution in [0.3, 0.4) is 0 Å². The van der Waals surface area contributed by atoms with Crippen molar-refractivity contribution in [2.75, 3.05) is 35.2 Å². The molecule has 1 aromatic heterocycles. The fraction of sp³-hybridized carbons (Fsp3) is 0.450. The maximum absolute atomic E-state index is 12.6. The van der Waals surface area contributed by atoms with Crippen molar-refractivity contribution < 1.29 is 4.79 Å². The Morgan fingerprint density at radius 2 is 1.81 bits per heavy atom. The van der Waals surface area contributed by atoms with Crippen molar-refractivity contribution in [1.82, 2.24) is 9.97 Å². The molecule has 1 aromatic carbocycles. The second-order valence-electron chi connectivity index (χ2n) is 6.27. The molecule has 2 N–H and O–H groups in total. The number of benzene rings is 1. The summed E-state index contributed by atoms with van der Waals surface area (Å²) >= 11 is 0. The first-order valence-electron chi connectivity index (χ1n) is 9.24. The number of anilines is 3. The van der Waals surface area contributed by atoms with E-state index in [0.717, 1.165) is 48.7 Å². The molecule has 1 heterocycles. The number of carbonyl (C=O) groups is 1. The van der Waals surface area contributed by atoms with Crippen LogP contribution < -0.4 is 15.5 Å². The molecular formula is C20H29N5O. The summed E-state index contributed by atoms with van der Waals surface area (Å²) in [6.45, 7) is 12.9. The molecule has 0 fully saturated rings. The molecule has 0 spiro atoms. The fourth-order valence-electron chi connectivity index (χ4n) is 2.76. The molecule has 0 aliphatic carbocycles. The topological polar surface area (TPSA) is 70.2 Å². The van der Waals surface area contributed by atoms with Gasteiger partial charge < -0.3 is 15.5 Å². The molecule has 6 nitrogen and oxygen atoms in total. The second-order valence-corrected chi connectivity index (χ2v) is 6.27. The highest BCUT2D eigenvalue weighted by atomic mass is 16.1. The van der Waals surface area contributed by atoms with Gasteiger partial charge in [0.15, 0.2) is 0 Å². The van der Waals surface area contributed by atoms with Crippen LogP contribution in [-0.4, -0.2) is 35.5 Å². The molecule has 2 aromatic rings. The van der Waals surface area contributed by atoms with Crippen LogP contribution >= 0.6 is 0 Å². The maximum Gasteiger partial charge on any atom is 0.274 e. The van der Waals surface area contributed by atoms with Gasteiger partial charge in [-0.1, -0.05) is 6.92 Å². The number of rotatable bonds is 8. The van der Waals surface area contributed by atoms with Gasteiger partial charge in [0.1, 0.15) is 5.69 Å². The first-order valence-corrected chi connectivity index (χ1v) is 9.24. The number of carbonyl (C=O) groups excluding carboxylic acids is 1. The molecule has 0 atom stereocenters. The zero-order chi connectivity index (χ0) is 19.1. The summed E-state index contributed by atoms with van der Waals surface area (Å²) in [5.41, 5.74) is 4.11. The van der Waals surface area contributed by atoms with Crippen LogP contribution in [0.15, 0.2) is 24.3 Å². The molecule has 0 saturated heterocycles. The molecule has 0 aliphatic heterocycles. The van der Waals surface area contributed by atoms with E-state index in [2.05, 4.69) is 52.3 Å². The van der Waals surface area contributed by atoms with Gasteiger partial charge in [-0.2, -0.15) is 0 Å². The van der Waals surface area contributed by atoms with Crippen molar-refractivity contribution in [2.45, 2.75) is 41.0 Å². The molecule has 0 unspecified atom stereocenters. The summed E-state index contributed by atoms with van der Waals surface area (Å²) < 4.78 is 0. The quantitative estimate of drug-likeness (QED) is 0.748. The summed E-state index contributed by atoms with van der Waals surface area (Å²) in [7, 11) is 0. The van der Waals surface area contributed by atoms with E-state index in [9.17, 15) is 4.79 Å². The largest absolute Gasteiger partial charge is 0.372 e. The van der Waals surface area contributed by atoms with E-state index < -0.39 is 0 Å². The van der Waals surface area contributed by atoms with E-state index in [1.165, 1.54) is 0 Å². The lowest BCUT2D eigenvalue weighted by Crippen LogP contribution is -2.22. The van der Waals surface area contributed by atoms with E-state index in [-0.39, 0.29) is 5.91 Å². The Labute approximate surface area is 156 Å². The maximum atomic E-state index is 12.6. The van der Waals surface area contributed by atoms with Gasteiger partial charge in [0.25, 0.3) is 5.91 Å². The zero-order valence-electron chi connectivity index (χ0n) is 16.4. The Balaban J connectivity index is 2.18. The molecule has 0 saturated carbocycles. The molecule has 0 bridgehead atoms. The van der Waals surface area contributed by atoms with Gasteiger partial charge in [0.2, 0.25) is 5.95 Å². The number of aromatic nitrogens is 2. The van der Waals surface area contributed by atoms with Gasteiger partial charge >= 0.3 is 0 Å². The van der Waals surface area contributed by atoms with Crippen molar-refractivity contribution in [3.05, 3.63) is 41.2 Å². The minimum atomic E-state index is -0.228. The van der Waals surface area contributed by atoms with Gasteiger partial charge in [-0.3, -0.25) is 4.79 Å². The van der Waals surface area contributed by atoms with Crippen LogP contribution in [-0.2, 0) is 0 Å². The molecule has 0 radical (unpaired) electrons. The van der Waals surface area contributed by atoms with Crippen molar-refractivity contribution in [3.8, 4) is 0 Å². The predicted octanol–water partition coefficient (Wildman–Crippen LogP) is 4.01. The fourth-order valence-corrected chi connectivity index (χ4v) is 2.76. The first kappa shape index (κ1) is 19.7. The van der Waals surface area contributed by atoms with Gasteiger partial charge in [0, 0.05) is 36.7 Å². The minimum absolute atomic E-state index is 0.228. The average Bonchev–Trinajstić information content (AvgIpc) is 2.62. The van der Waals surface area contributed by atoms with Crippen LogP contribution in [0.2, 0.25) is 0 Å². The highest BCUT2D eigenvalue weighted by Crippen LogP contribution is 2.23. The molecule has 2 rings (SSSR count). The van der Waals surface area contributed by atoms with Gasteiger partial charge in [-0.15, -0.1) is 0 Å². The van der Waals surface area contributed by atoms with Gasteiger partial charge in [-0.05, 0) is 63.9 Å². The summed E-state index contributed by atoms with van der Waals surface area (Å²) in [6, 6.07) is 7.79. The number of amides is 1. The van der Waals surface area contributed by atoms with Crippen molar-refractivity contribution >= 4 is 23.2 Å². The lowest BCUT2D eigenvalue weighted by Gasteiger charge is -2.22. The van der Waals surface area contributed by atoms with Crippen molar-refractivity contribution in [2.24, 2.45) is 0 Å². The monoisotopic (exact) mass is 355 g/mol. The summed E-state index contributed by atoms with van der Waals surface area (Å²) in [5.74, 6) is 0.263. The minimum Gasteiger partial charge on any atom is -0.372 e. The van der Waals surface area contributed by atoms with Crippen LogP contribution in [0.25, 0.3) is 0 Å². The average molecular weight is 355 g/mol. The highest BCUT2D eigenvalue weighted by Gasteiger charge is 2.13. The number of nitrogens with zero attached hydrogens (tertiary/aromatic N) is 3. The molecule has 6 heteroatoms. The smallest absolute Gasteiger partial charge is 0.274 e. The van der Waals surface area contributed by atoms with E-state index in [1.54, 1.807) is 6.07 Å². The molecule has 0 aliphatic rings. The van der Waals surface area contributed by atoms with Crippen molar-refractivity contribution in [3.63, 3.8) is 0 Å². The Morgan fingerprint density at radius 3 is 2.42 bits per heavy atom. The predicted molar refractivity (Wildman–Crippen MR) is 108 cm³/mol. The molecular weight excluding hydrogens is 326 g/mol. The third-order valence-corrected chi connectivity index (χ3v) is 4.21. The zero-order valence-corrected chi connectivity index (χ0v) is 16.4. The lowest BCUT2D eigenvalue weighted by atomic mass is 10.1. The summed E-state index contributed by atoms with van der Waals surface area (Å²) in [5, 5.41) is 6.09. The standard InChI is InChI=1S/C20H29N5O/c1-6-11-21-20-22-15(5)13-18(24-20)19(26)23-17-10-9-16(12-14(17)4)25(7-2)8-3/h9-10,12-13H,6-8,11H2,1-5H3,(H,23,26)(H,21,22,24). The van der Waals surface area contributed by atoms with E-state index in [1.807, 2.05) is 26.0 Å². The highest BCUT2D eigenvalue weighted by molar-refractivity contribution is 6.03. The van der Waals surface area contributed by atoms with E-state index >= 15 is 0 Å². The number of nitrogens with one attached hydrogen (secondary N) is 2. The lowest BCUT2D eigenvalue weighted by molar-refractivity contribution is 0.102. The van der Waals surface area contributed by atoms with E-state index in [0.29, 0.717) is 11.6 Å². The number of hydrogen-bond donors (Lipinski definition) is 2. The van der Waals surface area contributed by atoms with Crippen LogP contribution in [0.5, 0.6) is 0 Å². The van der Waals surface area contributed by atoms with E-state index in [4.69, 9.17) is 0 Å². The number of aryl methyl sites for hydroxylation is 2. The molecule has 140 valence electrons.